The van der Waals surface area contributed by atoms with E-state index < -0.39 is 10.0 Å². The van der Waals surface area contributed by atoms with Crippen LogP contribution in [0.3, 0.4) is 0 Å². The molecule has 1 saturated heterocycles. The molecule has 0 unspecified atom stereocenters. The fourth-order valence-corrected chi connectivity index (χ4v) is 4.11. The second-order valence-corrected chi connectivity index (χ2v) is 7.88. The Labute approximate surface area is 132 Å². The Kier molecular flexibility index (Phi) is 4.97. The van der Waals surface area contributed by atoms with Gasteiger partial charge in [-0.05, 0) is 33.8 Å². The van der Waals surface area contributed by atoms with Gasteiger partial charge in [0, 0.05) is 44.1 Å². The minimum atomic E-state index is -3.16. The van der Waals surface area contributed by atoms with Crippen LogP contribution < -0.4 is 0 Å². The maximum Gasteiger partial charge on any atom is 0.255 e. The van der Waals surface area contributed by atoms with E-state index in [1.165, 1.54) is 4.31 Å². The molecular formula is C15H25N3O3S. The molecule has 0 aliphatic carbocycles. The van der Waals surface area contributed by atoms with E-state index in [2.05, 4.69) is 11.5 Å². The third kappa shape index (κ3) is 3.05. The molecule has 1 aromatic rings. The summed E-state index contributed by atoms with van der Waals surface area (Å²) in [6.07, 6.45) is 0. The predicted molar refractivity (Wildman–Crippen MR) is 86.5 cm³/mol. The number of nitrogens with zero attached hydrogens (tertiary/aromatic N) is 3. The number of piperazine rings is 1. The summed E-state index contributed by atoms with van der Waals surface area (Å²) in [6.45, 7) is 10.2. The zero-order valence-corrected chi connectivity index (χ0v) is 14.6. The van der Waals surface area contributed by atoms with Crippen LogP contribution in [-0.4, -0.2) is 60.0 Å². The van der Waals surface area contributed by atoms with Gasteiger partial charge in [-0.1, -0.05) is 0 Å². The monoisotopic (exact) mass is 327 g/mol. The normalized spacial score (nSPS) is 17.0. The molecule has 7 heteroatoms. The number of hydrogen-bond donors (Lipinski definition) is 0. The fraction of sp³-hybridized carbons (Fsp3) is 0.667. The first kappa shape index (κ1) is 17.0. The molecule has 0 saturated carbocycles. The van der Waals surface area contributed by atoms with Crippen LogP contribution in [0.4, 0.5) is 0 Å². The Hall–Kier alpha value is -1.34. The number of amides is 1. The summed E-state index contributed by atoms with van der Waals surface area (Å²) in [7, 11) is -3.16. The van der Waals surface area contributed by atoms with Crippen molar-refractivity contribution in [3.05, 3.63) is 23.0 Å². The summed E-state index contributed by atoms with van der Waals surface area (Å²) < 4.78 is 27.3. The van der Waals surface area contributed by atoms with E-state index in [-0.39, 0.29) is 11.7 Å². The average molecular weight is 327 g/mol. The topological polar surface area (TPSA) is 62.6 Å². The van der Waals surface area contributed by atoms with Gasteiger partial charge in [0.1, 0.15) is 0 Å². The van der Waals surface area contributed by atoms with E-state index in [1.54, 1.807) is 11.8 Å². The summed E-state index contributed by atoms with van der Waals surface area (Å²) in [5.41, 5.74) is 2.79. The summed E-state index contributed by atoms with van der Waals surface area (Å²) in [6, 6.07) is 1.93. The van der Waals surface area contributed by atoms with Crippen molar-refractivity contribution in [1.82, 2.24) is 13.8 Å². The highest BCUT2D eigenvalue weighted by Gasteiger charge is 2.29. The number of carbonyl (C=O) groups excluding carboxylic acids is 1. The zero-order valence-electron chi connectivity index (χ0n) is 13.8. The van der Waals surface area contributed by atoms with Gasteiger partial charge in [0.25, 0.3) is 5.91 Å². The molecule has 1 aliphatic heterocycles. The first-order valence-corrected chi connectivity index (χ1v) is 9.36. The molecular weight excluding hydrogens is 302 g/mol. The van der Waals surface area contributed by atoms with Crippen molar-refractivity contribution >= 4 is 15.9 Å². The van der Waals surface area contributed by atoms with Gasteiger partial charge in [0.2, 0.25) is 10.0 Å². The molecule has 1 fully saturated rings. The van der Waals surface area contributed by atoms with Crippen LogP contribution in [0.2, 0.25) is 0 Å². The van der Waals surface area contributed by atoms with E-state index in [0.717, 1.165) is 23.5 Å². The minimum absolute atomic E-state index is 0.00125. The Morgan fingerprint density at radius 3 is 2.18 bits per heavy atom. The van der Waals surface area contributed by atoms with Gasteiger partial charge in [0.15, 0.2) is 0 Å². The van der Waals surface area contributed by atoms with Gasteiger partial charge < -0.3 is 9.47 Å². The minimum Gasteiger partial charge on any atom is -0.349 e. The summed E-state index contributed by atoms with van der Waals surface area (Å²) >= 11 is 0. The van der Waals surface area contributed by atoms with Crippen LogP contribution in [0.1, 0.15) is 35.6 Å². The molecule has 0 N–H and O–H groups in total. The molecule has 2 rings (SSSR count). The standard InChI is InChI=1S/C15H25N3O3S/c1-5-18-12(3)11-14(13(18)4)15(19)16-7-9-17(10-8-16)22(20,21)6-2/h11H,5-10H2,1-4H3. The number of rotatable bonds is 4. The fourth-order valence-electron chi connectivity index (χ4n) is 3.03. The Bertz CT molecular complexity index is 656. The molecule has 6 nitrogen and oxygen atoms in total. The third-order valence-electron chi connectivity index (χ3n) is 4.40. The summed E-state index contributed by atoms with van der Waals surface area (Å²) in [5.74, 6) is 0.111. The lowest BCUT2D eigenvalue weighted by atomic mass is 10.2. The molecule has 1 aromatic heterocycles. The third-order valence-corrected chi connectivity index (χ3v) is 6.29. The second-order valence-electron chi connectivity index (χ2n) is 5.62. The molecule has 0 atom stereocenters. The van der Waals surface area contributed by atoms with Gasteiger partial charge >= 0.3 is 0 Å². The van der Waals surface area contributed by atoms with Crippen molar-refractivity contribution in [3.63, 3.8) is 0 Å². The lowest BCUT2D eigenvalue weighted by Gasteiger charge is -2.33. The predicted octanol–water partition coefficient (Wildman–Crippen LogP) is 1.23. The van der Waals surface area contributed by atoms with Crippen LogP contribution >= 0.6 is 0 Å². The zero-order chi connectivity index (χ0) is 16.5. The quantitative estimate of drug-likeness (QED) is 0.836. The van der Waals surface area contributed by atoms with Crippen molar-refractivity contribution in [2.45, 2.75) is 34.2 Å². The molecule has 2 heterocycles. The SMILES string of the molecule is CCn1c(C)cc(C(=O)N2CCN(S(=O)(=O)CC)CC2)c1C. The van der Waals surface area contributed by atoms with E-state index in [4.69, 9.17) is 0 Å². The molecule has 124 valence electrons. The Morgan fingerprint density at radius 2 is 1.73 bits per heavy atom. The van der Waals surface area contributed by atoms with Gasteiger partial charge in [0.05, 0.1) is 11.3 Å². The Morgan fingerprint density at radius 1 is 1.14 bits per heavy atom. The van der Waals surface area contributed by atoms with Gasteiger partial charge in [-0.15, -0.1) is 0 Å². The van der Waals surface area contributed by atoms with Gasteiger partial charge in [-0.3, -0.25) is 4.79 Å². The van der Waals surface area contributed by atoms with Crippen molar-refractivity contribution in [2.24, 2.45) is 0 Å². The van der Waals surface area contributed by atoms with E-state index in [0.29, 0.717) is 26.2 Å². The maximum absolute atomic E-state index is 12.7. The van der Waals surface area contributed by atoms with E-state index in [9.17, 15) is 13.2 Å². The number of sulfonamides is 1. The van der Waals surface area contributed by atoms with Crippen LogP contribution in [-0.2, 0) is 16.6 Å². The van der Waals surface area contributed by atoms with Crippen LogP contribution in [0.5, 0.6) is 0 Å². The highest BCUT2D eigenvalue weighted by molar-refractivity contribution is 7.89. The largest absolute Gasteiger partial charge is 0.349 e. The van der Waals surface area contributed by atoms with Gasteiger partial charge in [-0.25, -0.2) is 8.42 Å². The molecule has 0 radical (unpaired) electrons. The molecule has 0 spiro atoms. The average Bonchev–Trinajstić information content (AvgIpc) is 2.80. The molecule has 1 aliphatic rings. The van der Waals surface area contributed by atoms with Crippen LogP contribution in [0, 0.1) is 13.8 Å². The van der Waals surface area contributed by atoms with Crippen molar-refractivity contribution in [1.29, 1.82) is 0 Å². The second kappa shape index (κ2) is 6.42. The first-order chi connectivity index (χ1) is 10.3. The summed E-state index contributed by atoms with van der Waals surface area (Å²) in [4.78, 5) is 14.4. The smallest absolute Gasteiger partial charge is 0.255 e. The highest BCUT2D eigenvalue weighted by atomic mass is 32.2. The van der Waals surface area contributed by atoms with Crippen LogP contribution in [0.15, 0.2) is 6.07 Å². The van der Waals surface area contributed by atoms with Gasteiger partial charge in [-0.2, -0.15) is 4.31 Å². The Balaban J connectivity index is 2.10. The number of aromatic nitrogens is 1. The van der Waals surface area contributed by atoms with Crippen LogP contribution in [0.25, 0.3) is 0 Å². The highest BCUT2D eigenvalue weighted by Crippen LogP contribution is 2.18. The van der Waals surface area contributed by atoms with E-state index in [1.807, 2.05) is 19.9 Å². The number of hydrogen-bond acceptors (Lipinski definition) is 3. The van der Waals surface area contributed by atoms with E-state index >= 15 is 0 Å². The lowest BCUT2D eigenvalue weighted by Crippen LogP contribution is -2.50. The number of carbonyl (C=O) groups is 1. The summed E-state index contributed by atoms with van der Waals surface area (Å²) in [5, 5.41) is 0. The molecule has 0 bridgehead atoms. The molecule has 0 aromatic carbocycles. The molecule has 22 heavy (non-hydrogen) atoms. The first-order valence-electron chi connectivity index (χ1n) is 7.75. The van der Waals surface area contributed by atoms with Crippen molar-refractivity contribution in [3.8, 4) is 0 Å². The van der Waals surface area contributed by atoms with Crippen molar-refractivity contribution < 1.29 is 13.2 Å². The van der Waals surface area contributed by atoms with Crippen molar-refractivity contribution in [2.75, 3.05) is 31.9 Å². The lowest BCUT2D eigenvalue weighted by molar-refractivity contribution is 0.0697. The molecule has 1 amide bonds. The maximum atomic E-state index is 12.7. The number of aryl methyl sites for hydroxylation is 1.